The van der Waals surface area contributed by atoms with E-state index in [0.717, 1.165) is 4.47 Å². The zero-order chi connectivity index (χ0) is 14.7. The number of nitrogens with zero attached hydrogens (tertiary/aromatic N) is 2. The number of aryl methyl sites for hydroxylation is 1. The van der Waals surface area contributed by atoms with E-state index >= 15 is 0 Å². The van der Waals surface area contributed by atoms with Gasteiger partial charge in [0.15, 0.2) is 0 Å². The summed E-state index contributed by atoms with van der Waals surface area (Å²) in [6.07, 6.45) is 0. The van der Waals surface area contributed by atoms with E-state index in [-0.39, 0.29) is 11.9 Å². The van der Waals surface area contributed by atoms with Gasteiger partial charge >= 0.3 is 0 Å². The van der Waals surface area contributed by atoms with Crippen LogP contribution in [-0.2, 0) is 0 Å². The van der Waals surface area contributed by atoms with Crippen LogP contribution in [0.4, 0.5) is 5.95 Å². The molecule has 0 spiro atoms. The molecule has 0 fully saturated rings. The fourth-order valence-electron chi connectivity index (χ4n) is 1.54. The van der Waals surface area contributed by atoms with E-state index in [0.29, 0.717) is 22.2 Å². The Bertz CT molecular complexity index is 664. The van der Waals surface area contributed by atoms with Crippen molar-refractivity contribution in [3.05, 3.63) is 45.0 Å². The van der Waals surface area contributed by atoms with Crippen LogP contribution in [0.3, 0.4) is 0 Å². The van der Waals surface area contributed by atoms with Crippen molar-refractivity contribution in [2.24, 2.45) is 0 Å². The molecule has 0 saturated carbocycles. The molecular formula is C13H11BrClN3O2. The number of carbonyl (C=O) groups excluding carboxylic acids is 1. The van der Waals surface area contributed by atoms with Crippen LogP contribution in [0.15, 0.2) is 28.7 Å². The molecule has 0 aliphatic heterocycles. The number of benzene rings is 1. The van der Waals surface area contributed by atoms with Crippen molar-refractivity contribution in [1.29, 1.82) is 0 Å². The number of nitrogens with one attached hydrogen (secondary N) is 1. The van der Waals surface area contributed by atoms with Crippen molar-refractivity contribution in [2.45, 2.75) is 6.92 Å². The van der Waals surface area contributed by atoms with Gasteiger partial charge in [-0.2, -0.15) is 4.98 Å². The summed E-state index contributed by atoms with van der Waals surface area (Å²) in [6.45, 7) is 1.78. The van der Waals surface area contributed by atoms with E-state index in [1.807, 2.05) is 0 Å². The predicted octanol–water partition coefficient (Wildman–Crippen LogP) is 3.46. The molecule has 0 bridgehead atoms. The van der Waals surface area contributed by atoms with E-state index < -0.39 is 0 Å². The third-order valence-corrected chi connectivity index (χ3v) is 3.26. The molecule has 0 unspecified atom stereocenters. The summed E-state index contributed by atoms with van der Waals surface area (Å²) in [6, 6.07) is 6.69. The summed E-state index contributed by atoms with van der Waals surface area (Å²) in [5.74, 6) is 0.167. The van der Waals surface area contributed by atoms with Gasteiger partial charge in [-0.15, -0.1) is 0 Å². The monoisotopic (exact) mass is 355 g/mol. The zero-order valence-electron chi connectivity index (χ0n) is 10.8. The fourth-order valence-corrected chi connectivity index (χ4v) is 2.10. The minimum absolute atomic E-state index is 0.169. The van der Waals surface area contributed by atoms with E-state index in [4.69, 9.17) is 16.3 Å². The average Bonchev–Trinajstić information content (AvgIpc) is 2.40. The molecule has 1 aromatic carbocycles. The molecule has 1 heterocycles. The highest BCUT2D eigenvalue weighted by atomic mass is 79.9. The second-order valence-electron chi connectivity index (χ2n) is 3.95. The maximum absolute atomic E-state index is 12.2. The van der Waals surface area contributed by atoms with Crippen molar-refractivity contribution in [1.82, 2.24) is 9.97 Å². The smallest absolute Gasteiger partial charge is 0.259 e. The number of ether oxygens (including phenoxy) is 1. The number of hydrogen-bond donors (Lipinski definition) is 1. The number of halogens is 2. The molecule has 0 saturated heterocycles. The minimum Gasteiger partial charge on any atom is -0.481 e. The molecule has 5 nitrogen and oxygen atoms in total. The van der Waals surface area contributed by atoms with E-state index in [1.165, 1.54) is 7.11 Å². The highest BCUT2D eigenvalue weighted by Crippen LogP contribution is 2.22. The molecule has 7 heteroatoms. The number of aromatic nitrogens is 2. The van der Waals surface area contributed by atoms with Crippen molar-refractivity contribution in [3.63, 3.8) is 0 Å². The van der Waals surface area contributed by atoms with Crippen LogP contribution >= 0.6 is 27.5 Å². The first-order valence-corrected chi connectivity index (χ1v) is 6.83. The second-order valence-corrected chi connectivity index (χ2v) is 5.28. The highest BCUT2D eigenvalue weighted by molar-refractivity contribution is 9.10. The Labute approximate surface area is 129 Å². The van der Waals surface area contributed by atoms with Gasteiger partial charge in [-0.3, -0.25) is 10.1 Å². The Kier molecular flexibility index (Phi) is 4.57. The lowest BCUT2D eigenvalue weighted by Gasteiger charge is -2.08. The van der Waals surface area contributed by atoms with Gasteiger partial charge in [0, 0.05) is 16.2 Å². The normalized spacial score (nSPS) is 10.2. The van der Waals surface area contributed by atoms with Crippen LogP contribution in [0, 0.1) is 6.92 Å². The Morgan fingerprint density at radius 2 is 2.10 bits per heavy atom. The molecule has 0 atom stereocenters. The molecule has 1 N–H and O–H groups in total. The Morgan fingerprint density at radius 1 is 1.35 bits per heavy atom. The summed E-state index contributed by atoms with van der Waals surface area (Å²) >= 11 is 9.29. The first-order valence-electron chi connectivity index (χ1n) is 5.65. The van der Waals surface area contributed by atoms with Crippen LogP contribution in [0.5, 0.6) is 5.88 Å². The van der Waals surface area contributed by atoms with Crippen LogP contribution in [-0.4, -0.2) is 23.0 Å². The molecule has 1 aromatic heterocycles. The largest absolute Gasteiger partial charge is 0.481 e. The van der Waals surface area contributed by atoms with Crippen molar-refractivity contribution < 1.29 is 9.53 Å². The third kappa shape index (κ3) is 3.46. The van der Waals surface area contributed by atoms with E-state index in [2.05, 4.69) is 31.2 Å². The van der Waals surface area contributed by atoms with Gasteiger partial charge in [-0.25, -0.2) is 4.98 Å². The molecule has 2 aromatic rings. The van der Waals surface area contributed by atoms with Gasteiger partial charge in [0.05, 0.1) is 17.7 Å². The number of hydrogen-bond acceptors (Lipinski definition) is 4. The van der Waals surface area contributed by atoms with Crippen LogP contribution in [0.25, 0.3) is 0 Å². The molecule has 2 rings (SSSR count). The summed E-state index contributed by atoms with van der Waals surface area (Å²) in [5.41, 5.74) is 1.03. The van der Waals surface area contributed by atoms with E-state index in [9.17, 15) is 4.79 Å². The Balaban J connectivity index is 2.27. The summed E-state index contributed by atoms with van der Waals surface area (Å²) in [5, 5.41) is 2.95. The molecule has 0 aliphatic rings. The van der Waals surface area contributed by atoms with Crippen molar-refractivity contribution in [2.75, 3.05) is 12.4 Å². The molecule has 1 amide bonds. The first kappa shape index (κ1) is 14.7. The third-order valence-electron chi connectivity index (χ3n) is 2.44. The maximum Gasteiger partial charge on any atom is 0.259 e. The minimum atomic E-state index is -0.385. The zero-order valence-corrected chi connectivity index (χ0v) is 13.1. The van der Waals surface area contributed by atoms with Crippen LogP contribution < -0.4 is 10.1 Å². The van der Waals surface area contributed by atoms with Crippen molar-refractivity contribution >= 4 is 39.4 Å². The van der Waals surface area contributed by atoms with Gasteiger partial charge in [0.1, 0.15) is 0 Å². The highest BCUT2D eigenvalue weighted by Gasteiger charge is 2.13. The Morgan fingerprint density at radius 3 is 2.80 bits per heavy atom. The predicted molar refractivity (Wildman–Crippen MR) is 80.4 cm³/mol. The molecule has 0 radical (unpaired) electrons. The second kappa shape index (κ2) is 6.19. The van der Waals surface area contributed by atoms with E-state index in [1.54, 1.807) is 31.2 Å². The van der Waals surface area contributed by atoms with Gasteiger partial charge < -0.3 is 4.74 Å². The quantitative estimate of drug-likeness (QED) is 0.914. The summed E-state index contributed by atoms with van der Waals surface area (Å²) < 4.78 is 5.79. The lowest BCUT2D eigenvalue weighted by atomic mass is 10.2. The fraction of sp³-hybridized carbons (Fsp3) is 0.154. The maximum atomic E-state index is 12.2. The standard InChI is InChI=1S/C13H11BrClN3O2/c1-7-5-11(20-2)17-13(16-7)18-12(19)9-6-8(14)3-4-10(9)15/h3-6H,1-2H3,(H,16,17,18,19). The Hall–Kier alpha value is -1.66. The number of rotatable bonds is 3. The average molecular weight is 357 g/mol. The summed E-state index contributed by atoms with van der Waals surface area (Å²) in [4.78, 5) is 20.3. The number of methoxy groups -OCH3 is 1. The van der Waals surface area contributed by atoms with Crippen molar-refractivity contribution in [3.8, 4) is 5.88 Å². The van der Waals surface area contributed by atoms with Crippen LogP contribution in [0.1, 0.15) is 16.1 Å². The van der Waals surface area contributed by atoms with Gasteiger partial charge in [-0.1, -0.05) is 27.5 Å². The number of carbonyl (C=O) groups is 1. The van der Waals surface area contributed by atoms with Gasteiger partial charge in [0.2, 0.25) is 11.8 Å². The number of anilines is 1. The SMILES string of the molecule is COc1cc(C)nc(NC(=O)c2cc(Br)ccc2Cl)n1. The molecule has 20 heavy (non-hydrogen) atoms. The lowest BCUT2D eigenvalue weighted by molar-refractivity contribution is 0.102. The topological polar surface area (TPSA) is 64.1 Å². The van der Waals surface area contributed by atoms with Gasteiger partial charge in [0.25, 0.3) is 5.91 Å². The van der Waals surface area contributed by atoms with Gasteiger partial charge in [-0.05, 0) is 25.1 Å². The summed E-state index contributed by atoms with van der Waals surface area (Å²) in [7, 11) is 1.50. The lowest BCUT2D eigenvalue weighted by Crippen LogP contribution is -2.15. The molecular weight excluding hydrogens is 346 g/mol. The van der Waals surface area contributed by atoms with Crippen LogP contribution in [0.2, 0.25) is 5.02 Å². The molecule has 0 aliphatic carbocycles. The molecule has 104 valence electrons. The number of amides is 1. The first-order chi connectivity index (χ1) is 9.49.